The van der Waals surface area contributed by atoms with Gasteiger partial charge in [-0.25, -0.2) is 0 Å². The normalized spacial score (nSPS) is 11.5. The van der Waals surface area contributed by atoms with E-state index in [0.29, 0.717) is 17.4 Å². The largest absolute Gasteiger partial charge is 0.326 e. The molecule has 0 aromatic heterocycles. The van der Waals surface area contributed by atoms with E-state index < -0.39 is 0 Å². The van der Waals surface area contributed by atoms with Gasteiger partial charge in [0.15, 0.2) is 0 Å². The van der Waals surface area contributed by atoms with Crippen molar-refractivity contribution in [3.8, 4) is 0 Å². The van der Waals surface area contributed by atoms with Crippen LogP contribution in [0.1, 0.15) is 41.8 Å². The van der Waals surface area contributed by atoms with E-state index in [9.17, 15) is 4.79 Å². The quantitative estimate of drug-likeness (QED) is 0.707. The van der Waals surface area contributed by atoms with Crippen LogP contribution in [0, 0.1) is 6.92 Å². The van der Waals surface area contributed by atoms with Crippen molar-refractivity contribution in [2.24, 2.45) is 5.73 Å². The van der Waals surface area contributed by atoms with E-state index in [4.69, 9.17) is 5.73 Å². The zero-order chi connectivity index (χ0) is 16.8. The first kappa shape index (κ1) is 20.6. The number of anilines is 1. The van der Waals surface area contributed by atoms with E-state index in [-0.39, 0.29) is 18.3 Å². The van der Waals surface area contributed by atoms with E-state index >= 15 is 0 Å². The Labute approximate surface area is 154 Å². The van der Waals surface area contributed by atoms with Crippen LogP contribution >= 0.6 is 24.2 Å². The van der Waals surface area contributed by atoms with Crippen molar-refractivity contribution in [2.75, 3.05) is 5.32 Å². The summed E-state index contributed by atoms with van der Waals surface area (Å²) in [4.78, 5) is 13.6. The molecule has 1 atom stereocenters. The summed E-state index contributed by atoms with van der Waals surface area (Å²) in [7, 11) is 0. The second-order valence-corrected chi connectivity index (χ2v) is 7.18. The van der Waals surface area contributed by atoms with E-state index in [1.165, 1.54) is 4.90 Å². The maximum absolute atomic E-state index is 12.3. The fraction of sp³-hybridized carbons (Fsp3) is 0.316. The van der Waals surface area contributed by atoms with Gasteiger partial charge in [-0.05, 0) is 54.8 Å². The van der Waals surface area contributed by atoms with Gasteiger partial charge in [0.1, 0.15) is 0 Å². The molecule has 3 N–H and O–H groups in total. The number of amides is 1. The van der Waals surface area contributed by atoms with E-state index in [1.54, 1.807) is 12.1 Å². The summed E-state index contributed by atoms with van der Waals surface area (Å²) < 4.78 is 0. The van der Waals surface area contributed by atoms with Gasteiger partial charge in [-0.1, -0.05) is 26.0 Å². The van der Waals surface area contributed by atoms with Gasteiger partial charge in [-0.15, -0.1) is 24.2 Å². The molecule has 0 saturated heterocycles. The summed E-state index contributed by atoms with van der Waals surface area (Å²) in [6.45, 7) is 6.92. The Bertz CT molecular complexity index is 674. The average Bonchev–Trinajstić information content (AvgIpc) is 2.57. The van der Waals surface area contributed by atoms with Gasteiger partial charge in [0.25, 0.3) is 5.91 Å². The van der Waals surface area contributed by atoms with Crippen LogP contribution in [-0.4, -0.2) is 11.2 Å². The Hall–Kier alpha value is -1.49. The monoisotopic (exact) mass is 364 g/mol. The summed E-state index contributed by atoms with van der Waals surface area (Å²) in [6.07, 6.45) is 1.14. The number of hydrogen-bond acceptors (Lipinski definition) is 3. The van der Waals surface area contributed by atoms with Crippen LogP contribution in [0.15, 0.2) is 47.4 Å². The van der Waals surface area contributed by atoms with Crippen molar-refractivity contribution in [1.82, 2.24) is 0 Å². The minimum absolute atomic E-state index is 0. The number of hydrogen-bond donors (Lipinski definition) is 2. The van der Waals surface area contributed by atoms with Crippen LogP contribution < -0.4 is 11.1 Å². The number of nitrogens with one attached hydrogen (secondary N) is 1. The molecule has 0 spiro atoms. The first-order chi connectivity index (χ1) is 11.0. The number of rotatable bonds is 6. The molecule has 130 valence electrons. The number of benzene rings is 2. The molecule has 5 heteroatoms. The van der Waals surface area contributed by atoms with Crippen molar-refractivity contribution >= 4 is 35.8 Å². The smallest absolute Gasteiger partial charge is 0.255 e. The molecule has 0 bridgehead atoms. The van der Waals surface area contributed by atoms with Crippen LogP contribution in [0.25, 0.3) is 0 Å². The van der Waals surface area contributed by atoms with Crippen molar-refractivity contribution in [1.29, 1.82) is 0 Å². The summed E-state index contributed by atoms with van der Waals surface area (Å²) in [5.74, 6) is -0.0981. The first-order valence-corrected chi connectivity index (χ1v) is 8.79. The van der Waals surface area contributed by atoms with Crippen LogP contribution in [-0.2, 0) is 6.54 Å². The highest BCUT2D eigenvalue weighted by Crippen LogP contribution is 2.28. The lowest BCUT2D eigenvalue weighted by atomic mass is 10.1. The fourth-order valence-electron chi connectivity index (χ4n) is 2.15. The minimum atomic E-state index is -0.0981. The van der Waals surface area contributed by atoms with Gasteiger partial charge in [-0.3, -0.25) is 4.79 Å². The number of carbonyl (C=O) groups is 1. The van der Waals surface area contributed by atoms with Gasteiger partial charge in [-0.2, -0.15) is 0 Å². The van der Waals surface area contributed by atoms with Crippen molar-refractivity contribution < 1.29 is 4.79 Å². The third-order valence-electron chi connectivity index (χ3n) is 3.81. The zero-order valence-electron chi connectivity index (χ0n) is 14.3. The lowest BCUT2D eigenvalue weighted by Gasteiger charge is -2.12. The first-order valence-electron chi connectivity index (χ1n) is 7.91. The van der Waals surface area contributed by atoms with Gasteiger partial charge in [0.05, 0.1) is 0 Å². The Morgan fingerprint density at radius 1 is 1.21 bits per heavy atom. The van der Waals surface area contributed by atoms with Crippen molar-refractivity contribution in [2.45, 2.75) is 43.9 Å². The highest BCUT2D eigenvalue weighted by molar-refractivity contribution is 7.99. The third kappa shape index (κ3) is 5.55. The average molecular weight is 365 g/mol. The summed E-state index contributed by atoms with van der Waals surface area (Å²) >= 11 is 1.86. The Morgan fingerprint density at radius 2 is 1.88 bits per heavy atom. The Balaban J connectivity index is 0.00000288. The molecule has 1 amide bonds. The highest BCUT2D eigenvalue weighted by atomic mass is 35.5. The van der Waals surface area contributed by atoms with Gasteiger partial charge < -0.3 is 11.1 Å². The topological polar surface area (TPSA) is 55.1 Å². The molecule has 0 aliphatic rings. The lowest BCUT2D eigenvalue weighted by molar-refractivity contribution is 0.102. The molecule has 0 fully saturated rings. The lowest BCUT2D eigenvalue weighted by Crippen LogP contribution is -2.13. The van der Waals surface area contributed by atoms with Crippen LogP contribution in [0.3, 0.4) is 0 Å². The molecule has 0 saturated carbocycles. The SMILES string of the molecule is CCC(C)Sc1ccc(NC(=O)c2ccc(CN)cc2)c(C)c1.Cl. The van der Waals surface area contributed by atoms with Crippen LogP contribution in [0.4, 0.5) is 5.69 Å². The molecule has 0 radical (unpaired) electrons. The number of nitrogens with two attached hydrogens (primary N) is 1. The molecule has 0 heterocycles. The van der Waals surface area contributed by atoms with Gasteiger partial charge >= 0.3 is 0 Å². The van der Waals surface area contributed by atoms with Gasteiger partial charge in [0, 0.05) is 27.9 Å². The van der Waals surface area contributed by atoms with E-state index in [2.05, 4.69) is 31.3 Å². The molecule has 0 aliphatic heterocycles. The summed E-state index contributed by atoms with van der Waals surface area (Å²) in [5, 5.41) is 3.57. The van der Waals surface area contributed by atoms with Crippen LogP contribution in [0.5, 0.6) is 0 Å². The molecule has 0 aliphatic carbocycles. The number of aryl methyl sites for hydroxylation is 1. The summed E-state index contributed by atoms with van der Waals surface area (Å²) in [5.41, 5.74) is 9.16. The van der Waals surface area contributed by atoms with Gasteiger partial charge in [0.2, 0.25) is 0 Å². The second kappa shape index (κ2) is 9.72. The van der Waals surface area contributed by atoms with E-state index in [1.807, 2.05) is 36.9 Å². The third-order valence-corrected chi connectivity index (χ3v) is 5.07. The number of carbonyl (C=O) groups excluding carboxylic acids is 1. The molecule has 1 unspecified atom stereocenters. The second-order valence-electron chi connectivity index (χ2n) is 5.67. The predicted octanol–water partition coefficient (Wildman–Crippen LogP) is 5.02. The van der Waals surface area contributed by atoms with Crippen molar-refractivity contribution in [3.05, 3.63) is 59.2 Å². The minimum Gasteiger partial charge on any atom is -0.326 e. The highest BCUT2D eigenvalue weighted by Gasteiger charge is 2.09. The molecular weight excluding hydrogens is 340 g/mol. The molecule has 24 heavy (non-hydrogen) atoms. The van der Waals surface area contributed by atoms with Crippen LogP contribution in [0.2, 0.25) is 0 Å². The molecular formula is C19H25ClN2OS. The Kier molecular flexibility index (Phi) is 8.32. The molecule has 2 aromatic carbocycles. The number of thioether (sulfide) groups is 1. The fourth-order valence-corrected chi connectivity index (χ4v) is 3.17. The molecule has 2 rings (SSSR count). The summed E-state index contributed by atoms with van der Waals surface area (Å²) in [6, 6.07) is 13.6. The predicted molar refractivity (Wildman–Crippen MR) is 106 cm³/mol. The molecule has 3 nitrogen and oxygen atoms in total. The number of halogens is 1. The van der Waals surface area contributed by atoms with Crippen molar-refractivity contribution in [3.63, 3.8) is 0 Å². The maximum atomic E-state index is 12.3. The maximum Gasteiger partial charge on any atom is 0.255 e. The zero-order valence-corrected chi connectivity index (χ0v) is 16.0. The molecule has 2 aromatic rings. The standard InChI is InChI=1S/C19H24N2OS.ClH/c1-4-14(3)23-17-9-10-18(13(2)11-17)21-19(22)16-7-5-15(12-20)6-8-16;/h5-11,14H,4,12,20H2,1-3H3,(H,21,22);1H. The van der Waals surface area contributed by atoms with E-state index in [0.717, 1.165) is 23.2 Å². The Morgan fingerprint density at radius 3 is 2.42 bits per heavy atom.